The van der Waals surface area contributed by atoms with Crippen molar-refractivity contribution in [2.75, 3.05) is 72.6 Å². The van der Waals surface area contributed by atoms with Crippen LogP contribution in [0.25, 0.3) is 0 Å². The molecule has 0 spiro atoms. The van der Waals surface area contributed by atoms with Crippen molar-refractivity contribution >= 4 is 0 Å². The van der Waals surface area contributed by atoms with E-state index < -0.39 is 0 Å². The van der Waals surface area contributed by atoms with Crippen LogP contribution in [0.2, 0.25) is 0 Å². The van der Waals surface area contributed by atoms with E-state index in [1.807, 2.05) is 0 Å². The number of rotatable bonds is 14. The summed E-state index contributed by atoms with van der Waals surface area (Å²) in [6.07, 6.45) is 2.46. The van der Waals surface area contributed by atoms with Crippen LogP contribution in [0.5, 0.6) is 0 Å². The average Bonchev–Trinajstić information content (AvgIpc) is 2.53. The highest BCUT2D eigenvalue weighted by atomic mass is 16.6. The molecular formula is C15H31NO5. The van der Waals surface area contributed by atoms with Gasteiger partial charge in [-0.1, -0.05) is 13.3 Å². The van der Waals surface area contributed by atoms with Crippen molar-refractivity contribution in [2.24, 2.45) is 0 Å². The van der Waals surface area contributed by atoms with Gasteiger partial charge in [0.15, 0.2) is 0 Å². The third-order valence-corrected chi connectivity index (χ3v) is 3.07. The summed E-state index contributed by atoms with van der Waals surface area (Å²) in [7, 11) is 0. The molecule has 0 aromatic rings. The molecule has 1 heterocycles. The highest BCUT2D eigenvalue weighted by Crippen LogP contribution is 1.98. The Morgan fingerprint density at radius 3 is 2.33 bits per heavy atom. The average molecular weight is 305 g/mol. The molecule has 21 heavy (non-hydrogen) atoms. The highest BCUT2D eigenvalue weighted by molar-refractivity contribution is 4.63. The monoisotopic (exact) mass is 305 g/mol. The molecule has 6 heteroatoms. The standard InChI is InChI=1S/C15H31NO5/c1-2-3-5-17-7-9-19-10-8-18-6-4-16-13-15-14-20-11-12-21-15/h15-16H,2-14H2,1H3. The number of unbranched alkanes of at least 4 members (excludes halogenated alkanes) is 1. The topological polar surface area (TPSA) is 58.2 Å². The second kappa shape index (κ2) is 14.7. The predicted molar refractivity (Wildman–Crippen MR) is 80.8 cm³/mol. The van der Waals surface area contributed by atoms with Crippen molar-refractivity contribution in [3.05, 3.63) is 0 Å². The number of nitrogens with one attached hydrogen (secondary N) is 1. The van der Waals surface area contributed by atoms with Crippen molar-refractivity contribution < 1.29 is 23.7 Å². The van der Waals surface area contributed by atoms with E-state index >= 15 is 0 Å². The fraction of sp³-hybridized carbons (Fsp3) is 1.00. The summed E-state index contributed by atoms with van der Waals surface area (Å²) in [5.41, 5.74) is 0. The largest absolute Gasteiger partial charge is 0.379 e. The van der Waals surface area contributed by atoms with Crippen LogP contribution in [-0.4, -0.2) is 78.7 Å². The molecule has 1 fully saturated rings. The maximum Gasteiger partial charge on any atom is 0.0933 e. The molecule has 1 saturated heterocycles. The van der Waals surface area contributed by atoms with Gasteiger partial charge in [-0.25, -0.2) is 0 Å². The smallest absolute Gasteiger partial charge is 0.0933 e. The van der Waals surface area contributed by atoms with Gasteiger partial charge in [-0.2, -0.15) is 0 Å². The second-order valence-electron chi connectivity index (χ2n) is 4.96. The van der Waals surface area contributed by atoms with Gasteiger partial charge in [-0.05, 0) is 6.42 Å². The molecule has 0 aromatic heterocycles. The van der Waals surface area contributed by atoms with Gasteiger partial charge in [0.2, 0.25) is 0 Å². The molecule has 1 rings (SSSR count). The molecular weight excluding hydrogens is 274 g/mol. The van der Waals surface area contributed by atoms with E-state index in [4.69, 9.17) is 23.7 Å². The first kappa shape index (κ1) is 18.8. The van der Waals surface area contributed by atoms with Crippen molar-refractivity contribution in [3.63, 3.8) is 0 Å². The minimum atomic E-state index is 0.176. The summed E-state index contributed by atoms with van der Waals surface area (Å²) < 4.78 is 27.1. The second-order valence-corrected chi connectivity index (χ2v) is 4.96. The van der Waals surface area contributed by atoms with E-state index in [-0.39, 0.29) is 6.10 Å². The summed E-state index contributed by atoms with van der Waals surface area (Å²) in [6, 6.07) is 0. The minimum absolute atomic E-state index is 0.176. The predicted octanol–water partition coefficient (Wildman–Crippen LogP) is 0.841. The van der Waals surface area contributed by atoms with E-state index in [9.17, 15) is 0 Å². The number of hydrogen-bond acceptors (Lipinski definition) is 6. The lowest BCUT2D eigenvalue weighted by Crippen LogP contribution is -2.38. The molecule has 0 bridgehead atoms. The molecule has 1 N–H and O–H groups in total. The lowest BCUT2D eigenvalue weighted by molar-refractivity contribution is -0.0866. The Bertz CT molecular complexity index is 212. The molecule has 1 aliphatic heterocycles. The lowest BCUT2D eigenvalue weighted by Gasteiger charge is -2.23. The summed E-state index contributed by atoms with van der Waals surface area (Å²) in [5.74, 6) is 0. The SMILES string of the molecule is CCCCOCCOCCOCCNCC1COCCO1. The molecule has 0 aromatic carbocycles. The minimum Gasteiger partial charge on any atom is -0.379 e. The Labute approximate surface area is 128 Å². The number of ether oxygens (including phenoxy) is 5. The molecule has 0 amide bonds. The normalized spacial score (nSPS) is 19.0. The summed E-state index contributed by atoms with van der Waals surface area (Å²) >= 11 is 0. The first-order valence-corrected chi connectivity index (χ1v) is 8.06. The fourth-order valence-corrected chi connectivity index (χ4v) is 1.85. The zero-order valence-corrected chi connectivity index (χ0v) is 13.3. The van der Waals surface area contributed by atoms with Crippen LogP contribution in [-0.2, 0) is 23.7 Å². The van der Waals surface area contributed by atoms with E-state index in [0.29, 0.717) is 52.9 Å². The lowest BCUT2D eigenvalue weighted by atomic mass is 10.3. The Hall–Kier alpha value is -0.240. The third-order valence-electron chi connectivity index (χ3n) is 3.07. The van der Waals surface area contributed by atoms with Crippen molar-refractivity contribution in [2.45, 2.75) is 25.9 Å². The third kappa shape index (κ3) is 12.0. The Morgan fingerprint density at radius 1 is 0.952 bits per heavy atom. The van der Waals surface area contributed by atoms with Crippen LogP contribution in [0.3, 0.4) is 0 Å². The van der Waals surface area contributed by atoms with Crippen LogP contribution in [0, 0.1) is 0 Å². The van der Waals surface area contributed by atoms with E-state index in [2.05, 4.69) is 12.2 Å². The van der Waals surface area contributed by atoms with Crippen LogP contribution >= 0.6 is 0 Å². The van der Waals surface area contributed by atoms with Crippen LogP contribution < -0.4 is 5.32 Å². The van der Waals surface area contributed by atoms with Gasteiger partial charge in [0.1, 0.15) is 0 Å². The number of hydrogen-bond donors (Lipinski definition) is 1. The van der Waals surface area contributed by atoms with Crippen LogP contribution in [0.15, 0.2) is 0 Å². The van der Waals surface area contributed by atoms with E-state index in [0.717, 1.165) is 26.1 Å². The quantitative estimate of drug-likeness (QED) is 0.480. The Kier molecular flexibility index (Phi) is 13.2. The van der Waals surface area contributed by atoms with Gasteiger partial charge >= 0.3 is 0 Å². The van der Waals surface area contributed by atoms with Gasteiger partial charge in [0, 0.05) is 19.7 Å². The summed E-state index contributed by atoms with van der Waals surface area (Å²) in [5, 5.41) is 3.30. The Morgan fingerprint density at radius 2 is 1.67 bits per heavy atom. The molecule has 6 nitrogen and oxygen atoms in total. The molecule has 1 aliphatic rings. The van der Waals surface area contributed by atoms with Crippen LogP contribution in [0.1, 0.15) is 19.8 Å². The zero-order valence-electron chi connectivity index (χ0n) is 13.3. The van der Waals surface area contributed by atoms with Crippen molar-refractivity contribution in [3.8, 4) is 0 Å². The van der Waals surface area contributed by atoms with Crippen molar-refractivity contribution in [1.29, 1.82) is 0 Å². The molecule has 126 valence electrons. The molecule has 1 atom stereocenters. The maximum atomic E-state index is 5.52. The highest BCUT2D eigenvalue weighted by Gasteiger charge is 2.12. The maximum absolute atomic E-state index is 5.52. The molecule has 0 radical (unpaired) electrons. The first-order valence-electron chi connectivity index (χ1n) is 8.06. The fourth-order valence-electron chi connectivity index (χ4n) is 1.85. The first-order chi connectivity index (χ1) is 10.4. The summed E-state index contributed by atoms with van der Waals surface area (Å²) in [6.45, 7) is 9.96. The Balaban J connectivity index is 1.69. The van der Waals surface area contributed by atoms with Crippen LogP contribution in [0.4, 0.5) is 0 Å². The van der Waals surface area contributed by atoms with Gasteiger partial charge in [0.25, 0.3) is 0 Å². The van der Waals surface area contributed by atoms with Gasteiger partial charge in [-0.15, -0.1) is 0 Å². The molecule has 0 saturated carbocycles. The zero-order chi connectivity index (χ0) is 15.0. The molecule has 1 unspecified atom stereocenters. The van der Waals surface area contributed by atoms with Gasteiger partial charge in [0.05, 0.1) is 59.0 Å². The van der Waals surface area contributed by atoms with Gasteiger partial charge < -0.3 is 29.0 Å². The summed E-state index contributed by atoms with van der Waals surface area (Å²) in [4.78, 5) is 0. The van der Waals surface area contributed by atoms with E-state index in [1.165, 1.54) is 6.42 Å². The van der Waals surface area contributed by atoms with E-state index in [1.54, 1.807) is 0 Å². The van der Waals surface area contributed by atoms with Gasteiger partial charge in [-0.3, -0.25) is 0 Å². The van der Waals surface area contributed by atoms with Crippen molar-refractivity contribution in [1.82, 2.24) is 5.32 Å². The molecule has 0 aliphatic carbocycles.